The number of hydrogen-bond acceptors (Lipinski definition) is 2. The molecular formula is C11H16BrNO2. The summed E-state index contributed by atoms with van der Waals surface area (Å²) in [5.74, 6) is -0.0973. The average molecular weight is 274 g/mol. The standard InChI is InChI=1S/C11H16BrNO2/c1-11(2,3)5-6-13-10(14)8-4-7-15-9(8)12/h4,7H,5-6H2,1-3H3,(H,13,14). The molecule has 84 valence electrons. The third kappa shape index (κ3) is 4.08. The molecule has 1 heterocycles. The van der Waals surface area contributed by atoms with Gasteiger partial charge in [0, 0.05) is 6.54 Å². The van der Waals surface area contributed by atoms with Crippen LogP contribution < -0.4 is 5.32 Å². The van der Waals surface area contributed by atoms with Crippen molar-refractivity contribution in [2.24, 2.45) is 5.41 Å². The summed E-state index contributed by atoms with van der Waals surface area (Å²) >= 11 is 3.17. The molecule has 1 aromatic heterocycles. The Morgan fingerprint density at radius 1 is 1.53 bits per heavy atom. The number of halogens is 1. The van der Waals surface area contributed by atoms with E-state index >= 15 is 0 Å². The summed E-state index contributed by atoms with van der Waals surface area (Å²) < 4.78 is 5.47. The van der Waals surface area contributed by atoms with Crippen molar-refractivity contribution >= 4 is 21.8 Å². The molecule has 1 aromatic rings. The van der Waals surface area contributed by atoms with Gasteiger partial charge in [-0.05, 0) is 33.8 Å². The van der Waals surface area contributed by atoms with Crippen molar-refractivity contribution in [2.75, 3.05) is 6.54 Å². The number of carbonyl (C=O) groups excluding carboxylic acids is 1. The molecular weight excluding hydrogens is 258 g/mol. The second-order valence-electron chi connectivity index (χ2n) is 4.67. The second-order valence-corrected chi connectivity index (χ2v) is 5.39. The number of nitrogens with one attached hydrogen (secondary N) is 1. The first-order valence-electron chi connectivity index (χ1n) is 4.91. The molecule has 0 aromatic carbocycles. The smallest absolute Gasteiger partial charge is 0.255 e. The highest BCUT2D eigenvalue weighted by Crippen LogP contribution is 2.19. The van der Waals surface area contributed by atoms with Crippen molar-refractivity contribution in [2.45, 2.75) is 27.2 Å². The first-order valence-corrected chi connectivity index (χ1v) is 5.71. The Morgan fingerprint density at radius 2 is 2.20 bits per heavy atom. The number of carbonyl (C=O) groups is 1. The minimum absolute atomic E-state index is 0.0973. The van der Waals surface area contributed by atoms with Crippen molar-refractivity contribution in [3.8, 4) is 0 Å². The lowest BCUT2D eigenvalue weighted by Gasteiger charge is -2.17. The number of amides is 1. The van der Waals surface area contributed by atoms with Crippen LogP contribution in [0.4, 0.5) is 0 Å². The van der Waals surface area contributed by atoms with Crippen LogP contribution in [0.5, 0.6) is 0 Å². The highest BCUT2D eigenvalue weighted by atomic mass is 79.9. The molecule has 0 unspecified atom stereocenters. The molecule has 0 atom stereocenters. The fourth-order valence-electron chi connectivity index (χ4n) is 1.10. The van der Waals surface area contributed by atoms with Gasteiger partial charge in [-0.1, -0.05) is 20.8 Å². The van der Waals surface area contributed by atoms with Crippen molar-refractivity contribution in [1.82, 2.24) is 5.32 Å². The van der Waals surface area contributed by atoms with Gasteiger partial charge in [-0.3, -0.25) is 4.79 Å². The topological polar surface area (TPSA) is 42.2 Å². The molecule has 0 saturated heterocycles. The van der Waals surface area contributed by atoms with E-state index in [1.165, 1.54) is 6.26 Å². The lowest BCUT2D eigenvalue weighted by atomic mass is 9.92. The Labute approximate surface area is 98.4 Å². The second kappa shape index (κ2) is 4.84. The van der Waals surface area contributed by atoms with Gasteiger partial charge in [0.2, 0.25) is 0 Å². The predicted octanol–water partition coefficient (Wildman–Crippen LogP) is 3.21. The Morgan fingerprint density at radius 3 is 2.67 bits per heavy atom. The van der Waals surface area contributed by atoms with Crippen LogP contribution >= 0.6 is 15.9 Å². The van der Waals surface area contributed by atoms with Gasteiger partial charge in [-0.25, -0.2) is 0 Å². The molecule has 0 saturated carbocycles. The molecule has 1 rings (SSSR count). The summed E-state index contributed by atoms with van der Waals surface area (Å²) in [7, 11) is 0. The first kappa shape index (κ1) is 12.3. The summed E-state index contributed by atoms with van der Waals surface area (Å²) in [6, 6.07) is 1.65. The number of furan rings is 1. The van der Waals surface area contributed by atoms with Crippen LogP contribution in [0.3, 0.4) is 0 Å². The molecule has 0 radical (unpaired) electrons. The average Bonchev–Trinajstić information content (AvgIpc) is 2.48. The van der Waals surface area contributed by atoms with Crippen molar-refractivity contribution in [3.63, 3.8) is 0 Å². The zero-order valence-electron chi connectivity index (χ0n) is 9.26. The molecule has 4 heteroatoms. The van der Waals surface area contributed by atoms with E-state index in [1.54, 1.807) is 6.07 Å². The lowest BCUT2D eigenvalue weighted by Crippen LogP contribution is -2.27. The Balaban J connectivity index is 2.41. The van der Waals surface area contributed by atoms with Gasteiger partial charge in [0.15, 0.2) is 4.67 Å². The third-order valence-corrected chi connectivity index (χ3v) is 2.64. The van der Waals surface area contributed by atoms with Crippen molar-refractivity contribution in [1.29, 1.82) is 0 Å². The maximum atomic E-state index is 11.6. The molecule has 3 nitrogen and oxygen atoms in total. The Hall–Kier alpha value is -0.770. The van der Waals surface area contributed by atoms with Gasteiger partial charge in [0.25, 0.3) is 5.91 Å². The lowest BCUT2D eigenvalue weighted by molar-refractivity contribution is 0.0948. The van der Waals surface area contributed by atoms with E-state index in [4.69, 9.17) is 4.42 Å². The van der Waals surface area contributed by atoms with Gasteiger partial charge >= 0.3 is 0 Å². The molecule has 0 aliphatic rings. The quantitative estimate of drug-likeness (QED) is 0.919. The highest BCUT2D eigenvalue weighted by Gasteiger charge is 2.14. The fourth-order valence-corrected chi connectivity index (χ4v) is 1.52. The zero-order valence-corrected chi connectivity index (χ0v) is 10.8. The van der Waals surface area contributed by atoms with Crippen LogP contribution in [-0.2, 0) is 0 Å². The summed E-state index contributed by atoms with van der Waals surface area (Å²) in [6.07, 6.45) is 2.44. The Bertz CT molecular complexity index is 339. The molecule has 15 heavy (non-hydrogen) atoms. The van der Waals surface area contributed by atoms with Crippen LogP contribution in [0.2, 0.25) is 0 Å². The van der Waals surface area contributed by atoms with E-state index in [2.05, 4.69) is 42.0 Å². The number of hydrogen-bond donors (Lipinski definition) is 1. The maximum absolute atomic E-state index is 11.6. The molecule has 1 amide bonds. The van der Waals surface area contributed by atoms with Crippen LogP contribution in [0.25, 0.3) is 0 Å². The van der Waals surface area contributed by atoms with E-state index in [0.29, 0.717) is 16.8 Å². The summed E-state index contributed by atoms with van der Waals surface area (Å²) in [5.41, 5.74) is 0.782. The Kier molecular flexibility index (Phi) is 3.97. The molecule has 0 aliphatic heterocycles. The van der Waals surface area contributed by atoms with Crippen LogP contribution in [0, 0.1) is 5.41 Å². The van der Waals surface area contributed by atoms with E-state index in [0.717, 1.165) is 6.42 Å². The fraction of sp³-hybridized carbons (Fsp3) is 0.545. The molecule has 0 spiro atoms. The summed E-state index contributed by atoms with van der Waals surface area (Å²) in [5, 5.41) is 2.85. The van der Waals surface area contributed by atoms with E-state index in [1.807, 2.05) is 0 Å². The van der Waals surface area contributed by atoms with Crippen LogP contribution in [0.1, 0.15) is 37.6 Å². The van der Waals surface area contributed by atoms with Crippen molar-refractivity contribution in [3.05, 3.63) is 22.6 Å². The SMILES string of the molecule is CC(C)(C)CCNC(=O)c1ccoc1Br. The molecule has 0 aliphatic carbocycles. The van der Waals surface area contributed by atoms with Gasteiger partial charge in [-0.2, -0.15) is 0 Å². The van der Waals surface area contributed by atoms with Crippen LogP contribution in [-0.4, -0.2) is 12.5 Å². The minimum atomic E-state index is -0.0973. The maximum Gasteiger partial charge on any atom is 0.255 e. The molecule has 0 fully saturated rings. The number of rotatable bonds is 3. The third-order valence-electron chi connectivity index (χ3n) is 2.02. The minimum Gasteiger partial charge on any atom is -0.457 e. The normalized spacial score (nSPS) is 11.5. The largest absolute Gasteiger partial charge is 0.457 e. The van der Waals surface area contributed by atoms with E-state index in [9.17, 15) is 4.79 Å². The van der Waals surface area contributed by atoms with Gasteiger partial charge < -0.3 is 9.73 Å². The van der Waals surface area contributed by atoms with Gasteiger partial charge in [0.1, 0.15) is 0 Å². The highest BCUT2D eigenvalue weighted by molar-refractivity contribution is 9.10. The van der Waals surface area contributed by atoms with E-state index < -0.39 is 0 Å². The van der Waals surface area contributed by atoms with E-state index in [-0.39, 0.29) is 11.3 Å². The zero-order chi connectivity index (χ0) is 11.5. The van der Waals surface area contributed by atoms with Gasteiger partial charge in [0.05, 0.1) is 11.8 Å². The first-order chi connectivity index (χ1) is 6.90. The summed E-state index contributed by atoms with van der Waals surface area (Å²) in [6.45, 7) is 7.12. The van der Waals surface area contributed by atoms with Crippen LogP contribution in [0.15, 0.2) is 21.4 Å². The molecule has 1 N–H and O–H groups in total. The monoisotopic (exact) mass is 273 g/mol. The summed E-state index contributed by atoms with van der Waals surface area (Å²) in [4.78, 5) is 11.6. The molecule has 0 bridgehead atoms. The van der Waals surface area contributed by atoms with Crippen molar-refractivity contribution < 1.29 is 9.21 Å². The van der Waals surface area contributed by atoms with Gasteiger partial charge in [-0.15, -0.1) is 0 Å². The predicted molar refractivity (Wildman–Crippen MR) is 62.8 cm³/mol.